The summed E-state index contributed by atoms with van der Waals surface area (Å²) < 4.78 is 14.2. The minimum atomic E-state index is -1.20. The van der Waals surface area contributed by atoms with Gasteiger partial charge in [0.25, 0.3) is 5.91 Å². The Morgan fingerprint density at radius 2 is 2.25 bits per heavy atom. The second-order valence-corrected chi connectivity index (χ2v) is 12.8. The van der Waals surface area contributed by atoms with Crippen LogP contribution in [0, 0.1) is 12.7 Å². The van der Waals surface area contributed by atoms with Crippen LogP contribution < -0.4 is 10.6 Å². The van der Waals surface area contributed by atoms with Gasteiger partial charge in [0.2, 0.25) is 0 Å². The van der Waals surface area contributed by atoms with Gasteiger partial charge in [-0.15, -0.1) is 0 Å². The Kier molecular flexibility index (Phi) is 4.68. The first kappa shape index (κ1) is 17.4. The first-order chi connectivity index (χ1) is 11.3. The molecule has 8 heteroatoms. The minimum Gasteiger partial charge on any atom is -0.335 e. The number of aromatic amines is 1. The maximum Gasteiger partial charge on any atom is 0.268 e. The van der Waals surface area contributed by atoms with Crippen molar-refractivity contribution in [2.24, 2.45) is 0 Å². The molecule has 1 unspecified atom stereocenters. The number of pyridine rings is 1. The number of carbonyl (C=O) groups is 1. The summed E-state index contributed by atoms with van der Waals surface area (Å²) in [7, 11) is -1.20. The van der Waals surface area contributed by atoms with Gasteiger partial charge >= 0.3 is 0 Å². The summed E-state index contributed by atoms with van der Waals surface area (Å²) in [5.74, 6) is -0.810. The van der Waals surface area contributed by atoms with Gasteiger partial charge < -0.3 is 15.6 Å². The molecule has 0 spiro atoms. The summed E-state index contributed by atoms with van der Waals surface area (Å²) >= 11 is 5.89. The smallest absolute Gasteiger partial charge is 0.268 e. The number of fused-ring (bicyclic) bond motifs is 1. The quantitative estimate of drug-likeness (QED) is 0.712. The summed E-state index contributed by atoms with van der Waals surface area (Å²) in [5, 5.41) is 6.65. The third-order valence-electron chi connectivity index (χ3n) is 4.55. The van der Waals surface area contributed by atoms with Crippen LogP contribution in [0.3, 0.4) is 0 Å². The summed E-state index contributed by atoms with van der Waals surface area (Å²) in [6.07, 6.45) is 2.94. The first-order valence-electron chi connectivity index (χ1n) is 8.15. The minimum absolute atomic E-state index is 0.00826. The van der Waals surface area contributed by atoms with Crippen molar-refractivity contribution in [2.45, 2.75) is 45.1 Å². The number of aryl methyl sites for hydroxylation is 1. The van der Waals surface area contributed by atoms with Gasteiger partial charge in [0.05, 0.1) is 30.3 Å². The molecule has 5 nitrogen and oxygen atoms in total. The zero-order valence-corrected chi connectivity index (χ0v) is 15.9. The molecule has 1 aliphatic heterocycles. The van der Waals surface area contributed by atoms with Gasteiger partial charge in [-0.25, -0.2) is 9.37 Å². The fourth-order valence-corrected chi connectivity index (χ4v) is 5.33. The third kappa shape index (κ3) is 3.48. The lowest BCUT2D eigenvalue weighted by Crippen LogP contribution is -2.49. The molecule has 1 atom stereocenters. The number of aromatic nitrogens is 2. The molecule has 2 aromatic heterocycles. The van der Waals surface area contributed by atoms with E-state index in [1.54, 1.807) is 6.92 Å². The van der Waals surface area contributed by atoms with Crippen LogP contribution in [0.4, 0.5) is 4.39 Å². The van der Waals surface area contributed by atoms with Crippen LogP contribution in [0.15, 0.2) is 6.07 Å². The predicted molar refractivity (Wildman–Crippen MR) is 96.6 cm³/mol. The number of nitrogens with one attached hydrogen (secondary N) is 3. The van der Waals surface area contributed by atoms with Crippen molar-refractivity contribution in [2.75, 3.05) is 6.17 Å². The van der Waals surface area contributed by atoms with Crippen molar-refractivity contribution in [3.05, 3.63) is 28.3 Å². The fraction of sp³-hybridized carbons (Fsp3) is 0.500. The van der Waals surface area contributed by atoms with Crippen LogP contribution in [0.25, 0.3) is 11.0 Å². The zero-order chi connectivity index (χ0) is 17.5. The molecule has 0 bridgehead atoms. The summed E-state index contributed by atoms with van der Waals surface area (Å²) in [6.45, 7) is 6.33. The van der Waals surface area contributed by atoms with Gasteiger partial charge in [0.15, 0.2) is 5.82 Å². The standard InChI is InChI=1S/C16H22ClFN4OSi/c1-9-13(17)14(18)10-7-11(21-15(10)20-9)16(23)22-12-5-4-6-24(2,3)8-19-12/h7,12,19H,4-6,8H2,1-3H3,(H,20,21)(H,22,23). The molecular weight excluding hydrogens is 347 g/mol. The average molecular weight is 369 g/mol. The highest BCUT2D eigenvalue weighted by atomic mass is 35.5. The fourth-order valence-electron chi connectivity index (χ4n) is 3.05. The van der Waals surface area contributed by atoms with Crippen LogP contribution >= 0.6 is 11.6 Å². The Morgan fingerprint density at radius 1 is 1.50 bits per heavy atom. The monoisotopic (exact) mass is 368 g/mol. The topological polar surface area (TPSA) is 69.8 Å². The Hall–Kier alpha value is -1.44. The molecule has 3 N–H and O–H groups in total. The van der Waals surface area contributed by atoms with Crippen molar-refractivity contribution < 1.29 is 9.18 Å². The number of halogens is 2. The Morgan fingerprint density at radius 3 is 3.00 bits per heavy atom. The maximum atomic E-state index is 14.2. The number of nitrogens with zero attached hydrogens (tertiary/aromatic N) is 1. The molecule has 1 aliphatic rings. The molecule has 0 aromatic carbocycles. The van der Waals surface area contributed by atoms with E-state index in [0.29, 0.717) is 17.0 Å². The Labute approximate surface area is 146 Å². The highest BCUT2D eigenvalue weighted by Gasteiger charge is 2.27. The Balaban J connectivity index is 1.78. The van der Waals surface area contributed by atoms with Crippen LogP contribution in [-0.4, -0.2) is 36.3 Å². The van der Waals surface area contributed by atoms with E-state index < -0.39 is 13.9 Å². The molecular formula is C16H22ClFN4OSi. The summed E-state index contributed by atoms with van der Waals surface area (Å²) in [4.78, 5) is 19.6. The molecule has 24 heavy (non-hydrogen) atoms. The number of carbonyl (C=O) groups excluding carboxylic acids is 1. The number of amides is 1. The summed E-state index contributed by atoms with van der Waals surface area (Å²) in [5.41, 5.74) is 1.02. The van der Waals surface area contributed by atoms with E-state index >= 15 is 0 Å². The second kappa shape index (κ2) is 6.46. The second-order valence-electron chi connectivity index (χ2n) is 7.23. The summed E-state index contributed by atoms with van der Waals surface area (Å²) in [6, 6.07) is 2.72. The molecule has 1 amide bonds. The van der Waals surface area contributed by atoms with E-state index in [1.807, 2.05) is 0 Å². The highest BCUT2D eigenvalue weighted by Crippen LogP contribution is 2.26. The maximum absolute atomic E-state index is 14.2. The third-order valence-corrected chi connectivity index (χ3v) is 7.85. The van der Waals surface area contributed by atoms with E-state index in [9.17, 15) is 9.18 Å². The lowest BCUT2D eigenvalue weighted by Gasteiger charge is -2.21. The van der Waals surface area contributed by atoms with E-state index in [4.69, 9.17) is 11.6 Å². The van der Waals surface area contributed by atoms with Gasteiger partial charge in [-0.05, 0) is 25.6 Å². The van der Waals surface area contributed by atoms with Crippen molar-refractivity contribution in [1.29, 1.82) is 0 Å². The van der Waals surface area contributed by atoms with Crippen molar-refractivity contribution >= 4 is 36.6 Å². The number of hydrogen-bond donors (Lipinski definition) is 3. The number of hydrogen-bond acceptors (Lipinski definition) is 3. The number of rotatable bonds is 2. The Bertz CT molecular complexity index is 792. The van der Waals surface area contributed by atoms with Crippen molar-refractivity contribution in [3.63, 3.8) is 0 Å². The normalized spacial score (nSPS) is 20.8. The largest absolute Gasteiger partial charge is 0.335 e. The lowest BCUT2D eigenvalue weighted by molar-refractivity contribution is 0.0924. The SMILES string of the molecule is Cc1nc2[nH]c(C(=O)NC3CCC[Si](C)(C)CN3)cc2c(F)c1Cl. The molecule has 1 fully saturated rings. The molecule has 2 aromatic rings. The van der Waals surface area contributed by atoms with Crippen LogP contribution in [0.5, 0.6) is 0 Å². The average Bonchev–Trinajstić information content (AvgIpc) is 2.86. The molecule has 0 saturated carbocycles. The van der Waals surface area contributed by atoms with Gasteiger partial charge in [-0.2, -0.15) is 0 Å². The molecule has 1 saturated heterocycles. The van der Waals surface area contributed by atoms with Gasteiger partial charge in [0.1, 0.15) is 11.3 Å². The molecule has 0 aliphatic carbocycles. The van der Waals surface area contributed by atoms with E-state index in [2.05, 4.69) is 33.7 Å². The van der Waals surface area contributed by atoms with Crippen molar-refractivity contribution in [3.8, 4) is 0 Å². The van der Waals surface area contributed by atoms with Gasteiger partial charge in [0, 0.05) is 0 Å². The van der Waals surface area contributed by atoms with Gasteiger partial charge in [-0.3, -0.25) is 4.79 Å². The molecule has 130 valence electrons. The van der Waals surface area contributed by atoms with E-state index in [-0.39, 0.29) is 22.5 Å². The highest BCUT2D eigenvalue weighted by molar-refractivity contribution is 6.77. The molecule has 3 heterocycles. The number of H-pyrrole nitrogens is 1. The van der Waals surface area contributed by atoms with E-state index in [0.717, 1.165) is 19.0 Å². The van der Waals surface area contributed by atoms with Crippen LogP contribution in [0.2, 0.25) is 24.2 Å². The first-order valence-corrected chi connectivity index (χ1v) is 11.9. The molecule has 3 rings (SSSR count). The van der Waals surface area contributed by atoms with Crippen LogP contribution in [0.1, 0.15) is 29.0 Å². The lowest BCUT2D eigenvalue weighted by atomic mass is 10.2. The van der Waals surface area contributed by atoms with Gasteiger partial charge in [-0.1, -0.05) is 37.2 Å². The predicted octanol–water partition coefficient (Wildman–Crippen LogP) is 3.35. The zero-order valence-electron chi connectivity index (χ0n) is 14.1. The van der Waals surface area contributed by atoms with Crippen LogP contribution in [-0.2, 0) is 0 Å². The van der Waals surface area contributed by atoms with E-state index in [1.165, 1.54) is 12.1 Å². The molecule has 0 radical (unpaired) electrons. The van der Waals surface area contributed by atoms with Crippen molar-refractivity contribution in [1.82, 2.24) is 20.6 Å².